The summed E-state index contributed by atoms with van der Waals surface area (Å²) in [5, 5.41) is 0.342. The number of ether oxygens (including phenoxy) is 3. The van der Waals surface area contributed by atoms with Crippen molar-refractivity contribution in [3.63, 3.8) is 0 Å². The van der Waals surface area contributed by atoms with Gasteiger partial charge in [-0.3, -0.25) is 14.5 Å². The van der Waals surface area contributed by atoms with E-state index in [1.165, 1.54) is 14.0 Å². The van der Waals surface area contributed by atoms with Crippen molar-refractivity contribution in [2.45, 2.75) is 26.5 Å². The van der Waals surface area contributed by atoms with Crippen LogP contribution in [-0.4, -0.2) is 41.8 Å². The Bertz CT molecular complexity index is 1170. The van der Waals surface area contributed by atoms with Crippen LogP contribution in [-0.2, 0) is 20.9 Å². The first-order valence-electron chi connectivity index (χ1n) is 10.0. The molecule has 11 heteroatoms. The van der Waals surface area contributed by atoms with Gasteiger partial charge in [-0.25, -0.2) is 4.79 Å². The largest absolute Gasteiger partial charge is 0.490 e. The highest BCUT2D eigenvalue weighted by atomic mass is 79.9. The second-order valence-electron chi connectivity index (χ2n) is 7.04. The highest BCUT2D eigenvalue weighted by molar-refractivity contribution is 9.10. The summed E-state index contributed by atoms with van der Waals surface area (Å²) < 4.78 is 16.9. The third kappa shape index (κ3) is 5.89. The third-order valence-corrected chi connectivity index (χ3v) is 7.09. The number of benzene rings is 2. The number of amides is 2. The molecule has 1 fully saturated rings. The Labute approximate surface area is 219 Å². The standard InChI is InChI=1S/C23H20BrCl2NO6S/c1-4-32-18-8-14(9-20-21(28)27(23(30)34-20)12(2)22(29)31-3)15(24)10-19(18)33-11-13-5-6-16(25)17(26)7-13/h5-10,12H,4,11H2,1-3H3/b20-9+/t12-/m0/s1. The highest BCUT2D eigenvalue weighted by Crippen LogP contribution is 2.39. The van der Waals surface area contributed by atoms with Gasteiger partial charge in [0, 0.05) is 4.47 Å². The Balaban J connectivity index is 1.86. The molecule has 2 amide bonds. The van der Waals surface area contributed by atoms with Crippen molar-refractivity contribution in [2.75, 3.05) is 13.7 Å². The maximum atomic E-state index is 12.8. The van der Waals surface area contributed by atoms with Gasteiger partial charge in [0.05, 0.1) is 28.7 Å². The van der Waals surface area contributed by atoms with Crippen LogP contribution < -0.4 is 9.47 Å². The van der Waals surface area contributed by atoms with Gasteiger partial charge in [-0.1, -0.05) is 45.2 Å². The van der Waals surface area contributed by atoms with E-state index in [1.54, 1.807) is 30.3 Å². The lowest BCUT2D eigenvalue weighted by Crippen LogP contribution is -2.42. The molecule has 3 rings (SSSR count). The van der Waals surface area contributed by atoms with Crippen LogP contribution in [0.15, 0.2) is 39.7 Å². The smallest absolute Gasteiger partial charge is 0.328 e. The van der Waals surface area contributed by atoms with Crippen molar-refractivity contribution >= 4 is 74.1 Å². The average molecular weight is 589 g/mol. The van der Waals surface area contributed by atoms with E-state index in [9.17, 15) is 14.4 Å². The molecule has 0 aromatic heterocycles. The second-order valence-corrected chi connectivity index (χ2v) is 9.70. The number of imide groups is 1. The Morgan fingerprint density at radius 2 is 1.85 bits per heavy atom. The summed E-state index contributed by atoms with van der Waals surface area (Å²) in [7, 11) is 1.20. The molecule has 0 radical (unpaired) electrons. The first-order chi connectivity index (χ1) is 16.2. The van der Waals surface area contributed by atoms with E-state index in [0.29, 0.717) is 38.2 Å². The van der Waals surface area contributed by atoms with Crippen LogP contribution in [0.3, 0.4) is 0 Å². The summed E-state index contributed by atoms with van der Waals surface area (Å²) in [4.78, 5) is 38.0. The van der Waals surface area contributed by atoms with E-state index in [4.69, 9.17) is 32.7 Å². The number of carbonyl (C=O) groups is 3. The van der Waals surface area contributed by atoms with Gasteiger partial charge in [-0.15, -0.1) is 0 Å². The lowest BCUT2D eigenvalue weighted by molar-refractivity contribution is -0.148. The first kappa shape index (κ1) is 26.4. The maximum Gasteiger partial charge on any atom is 0.328 e. The molecule has 1 atom stereocenters. The van der Waals surface area contributed by atoms with Gasteiger partial charge in [0.1, 0.15) is 12.6 Å². The minimum atomic E-state index is -1.03. The fourth-order valence-corrected chi connectivity index (χ4v) is 4.72. The number of thioether (sulfide) groups is 1. The number of halogens is 3. The van der Waals surface area contributed by atoms with Gasteiger partial charge >= 0.3 is 5.97 Å². The van der Waals surface area contributed by atoms with E-state index in [-0.39, 0.29) is 11.5 Å². The predicted octanol–water partition coefficient (Wildman–Crippen LogP) is 6.33. The molecule has 1 aliphatic heterocycles. The lowest BCUT2D eigenvalue weighted by Gasteiger charge is -2.18. The number of hydrogen-bond donors (Lipinski definition) is 0. The molecule has 2 aromatic carbocycles. The average Bonchev–Trinajstić information content (AvgIpc) is 3.08. The molecule has 0 aliphatic carbocycles. The van der Waals surface area contributed by atoms with Crippen molar-refractivity contribution in [2.24, 2.45) is 0 Å². The number of hydrogen-bond acceptors (Lipinski definition) is 7. The van der Waals surface area contributed by atoms with Crippen molar-refractivity contribution in [3.05, 3.63) is 60.9 Å². The van der Waals surface area contributed by atoms with Crippen LogP contribution in [0, 0.1) is 0 Å². The van der Waals surface area contributed by atoms with Crippen LogP contribution in [0.25, 0.3) is 6.08 Å². The molecular weight excluding hydrogens is 569 g/mol. The monoisotopic (exact) mass is 587 g/mol. The zero-order valence-electron chi connectivity index (χ0n) is 18.4. The summed E-state index contributed by atoms with van der Waals surface area (Å²) >= 11 is 16.3. The minimum absolute atomic E-state index is 0.174. The summed E-state index contributed by atoms with van der Waals surface area (Å²) in [5.41, 5.74) is 1.42. The Morgan fingerprint density at radius 3 is 2.50 bits per heavy atom. The number of methoxy groups -OCH3 is 1. The molecule has 1 heterocycles. The van der Waals surface area contributed by atoms with Gasteiger partial charge < -0.3 is 14.2 Å². The molecule has 0 unspecified atom stereocenters. The SMILES string of the molecule is CCOc1cc(/C=C2/SC(=O)N([C@@H](C)C(=O)OC)C2=O)c(Br)cc1OCc1ccc(Cl)c(Cl)c1. The predicted molar refractivity (Wildman–Crippen MR) is 135 cm³/mol. The van der Waals surface area contributed by atoms with Crippen LogP contribution in [0.5, 0.6) is 11.5 Å². The van der Waals surface area contributed by atoms with Gasteiger partial charge in [0.15, 0.2) is 11.5 Å². The van der Waals surface area contributed by atoms with Crippen molar-refractivity contribution < 1.29 is 28.6 Å². The summed E-state index contributed by atoms with van der Waals surface area (Å²) in [6, 6.07) is 7.62. The first-order valence-corrected chi connectivity index (χ1v) is 12.4. The molecule has 7 nitrogen and oxygen atoms in total. The zero-order valence-corrected chi connectivity index (χ0v) is 22.3. The van der Waals surface area contributed by atoms with Crippen LogP contribution in [0.4, 0.5) is 4.79 Å². The van der Waals surface area contributed by atoms with Gasteiger partial charge in [-0.05, 0) is 67.1 Å². The quantitative estimate of drug-likeness (QED) is 0.263. The summed E-state index contributed by atoms with van der Waals surface area (Å²) in [5.74, 6) is -0.312. The van der Waals surface area contributed by atoms with Gasteiger partial charge in [-0.2, -0.15) is 0 Å². The van der Waals surface area contributed by atoms with E-state index >= 15 is 0 Å². The third-order valence-electron chi connectivity index (χ3n) is 4.78. The minimum Gasteiger partial charge on any atom is -0.490 e. The van der Waals surface area contributed by atoms with Crippen LogP contribution in [0.2, 0.25) is 10.0 Å². The van der Waals surface area contributed by atoms with Gasteiger partial charge in [0.25, 0.3) is 11.1 Å². The van der Waals surface area contributed by atoms with E-state index in [1.807, 2.05) is 13.0 Å². The van der Waals surface area contributed by atoms with Crippen LogP contribution >= 0.6 is 50.9 Å². The Kier molecular flexibility index (Phi) is 8.92. The van der Waals surface area contributed by atoms with Crippen molar-refractivity contribution in [3.8, 4) is 11.5 Å². The molecule has 1 aliphatic rings. The van der Waals surface area contributed by atoms with Gasteiger partial charge in [0.2, 0.25) is 0 Å². The number of carbonyl (C=O) groups excluding carboxylic acids is 3. The number of esters is 1. The summed E-state index contributed by atoms with van der Waals surface area (Å²) in [6.45, 7) is 3.89. The summed E-state index contributed by atoms with van der Waals surface area (Å²) in [6.07, 6.45) is 1.56. The molecule has 0 bridgehead atoms. The molecule has 0 N–H and O–H groups in total. The second kappa shape index (κ2) is 11.5. The van der Waals surface area contributed by atoms with Crippen molar-refractivity contribution in [1.29, 1.82) is 0 Å². The molecule has 2 aromatic rings. The molecule has 0 saturated carbocycles. The Hall–Kier alpha value is -2.20. The fraction of sp³-hybridized carbons (Fsp3) is 0.261. The number of rotatable bonds is 8. The molecule has 1 saturated heterocycles. The van der Waals surface area contributed by atoms with Crippen molar-refractivity contribution in [1.82, 2.24) is 4.90 Å². The van der Waals surface area contributed by atoms with Crippen LogP contribution in [0.1, 0.15) is 25.0 Å². The van der Waals surface area contributed by atoms with E-state index in [0.717, 1.165) is 22.2 Å². The molecule has 34 heavy (non-hydrogen) atoms. The Morgan fingerprint density at radius 1 is 1.15 bits per heavy atom. The fourth-order valence-electron chi connectivity index (χ4n) is 3.06. The number of nitrogens with zero attached hydrogens (tertiary/aromatic N) is 1. The topological polar surface area (TPSA) is 82.1 Å². The van der Waals surface area contributed by atoms with E-state index < -0.39 is 23.2 Å². The maximum absolute atomic E-state index is 12.8. The highest BCUT2D eigenvalue weighted by Gasteiger charge is 2.41. The normalized spacial score (nSPS) is 15.6. The lowest BCUT2D eigenvalue weighted by atomic mass is 10.1. The molecular formula is C23H20BrCl2NO6S. The van der Waals surface area contributed by atoms with E-state index in [2.05, 4.69) is 20.7 Å². The molecule has 0 spiro atoms. The zero-order chi connectivity index (χ0) is 25.0. The molecule has 180 valence electrons.